The Morgan fingerprint density at radius 3 is 2.36 bits per heavy atom. The van der Waals surface area contributed by atoms with Crippen molar-refractivity contribution >= 4 is 5.91 Å². The SMILES string of the molecule is CCCCCCCCC(O)(C(=O)NCC(C)C)c1ccc(C)cc1C. The van der Waals surface area contributed by atoms with Gasteiger partial charge in [-0.2, -0.15) is 0 Å². The number of benzene rings is 1. The summed E-state index contributed by atoms with van der Waals surface area (Å²) in [5.74, 6) is 0.100. The summed E-state index contributed by atoms with van der Waals surface area (Å²) in [6.07, 6.45) is 7.29. The molecule has 1 aromatic rings. The predicted molar refractivity (Wildman–Crippen MR) is 106 cm³/mol. The number of rotatable bonds is 11. The smallest absolute Gasteiger partial charge is 0.256 e. The Balaban J connectivity index is 2.87. The average molecular weight is 348 g/mol. The third kappa shape index (κ3) is 6.81. The van der Waals surface area contributed by atoms with E-state index in [1.165, 1.54) is 25.7 Å². The van der Waals surface area contributed by atoms with Gasteiger partial charge in [-0.25, -0.2) is 0 Å². The summed E-state index contributed by atoms with van der Waals surface area (Å²) in [4.78, 5) is 12.8. The summed E-state index contributed by atoms with van der Waals surface area (Å²) in [5.41, 5.74) is 1.43. The lowest BCUT2D eigenvalue weighted by Gasteiger charge is -2.29. The molecule has 0 saturated carbocycles. The van der Waals surface area contributed by atoms with Gasteiger partial charge in [-0.1, -0.05) is 76.6 Å². The summed E-state index contributed by atoms with van der Waals surface area (Å²) >= 11 is 0. The summed E-state index contributed by atoms with van der Waals surface area (Å²) < 4.78 is 0. The van der Waals surface area contributed by atoms with E-state index in [-0.39, 0.29) is 5.91 Å². The predicted octanol–water partition coefficient (Wildman–Crippen LogP) is 5.01. The number of aliphatic hydroxyl groups is 1. The molecule has 1 unspecified atom stereocenters. The van der Waals surface area contributed by atoms with Gasteiger partial charge in [0.25, 0.3) is 5.91 Å². The molecule has 0 bridgehead atoms. The van der Waals surface area contributed by atoms with E-state index in [2.05, 4.69) is 26.1 Å². The van der Waals surface area contributed by atoms with Gasteiger partial charge < -0.3 is 10.4 Å². The normalized spacial score (nSPS) is 13.7. The highest BCUT2D eigenvalue weighted by molar-refractivity contribution is 5.86. The van der Waals surface area contributed by atoms with Crippen LogP contribution in [0.2, 0.25) is 0 Å². The van der Waals surface area contributed by atoms with Crippen LogP contribution in [0.5, 0.6) is 0 Å². The van der Waals surface area contributed by atoms with Crippen molar-refractivity contribution in [3.63, 3.8) is 0 Å². The Kier molecular flexibility index (Phi) is 9.20. The molecule has 0 fully saturated rings. The van der Waals surface area contributed by atoms with Gasteiger partial charge in [-0.3, -0.25) is 4.79 Å². The lowest BCUT2D eigenvalue weighted by Crippen LogP contribution is -2.46. The van der Waals surface area contributed by atoms with Gasteiger partial charge in [-0.15, -0.1) is 0 Å². The number of hydrogen-bond acceptors (Lipinski definition) is 2. The zero-order valence-electron chi connectivity index (χ0n) is 16.8. The molecule has 0 radical (unpaired) electrons. The van der Waals surface area contributed by atoms with Crippen molar-refractivity contribution < 1.29 is 9.90 Å². The number of hydrogen-bond donors (Lipinski definition) is 2. The minimum Gasteiger partial charge on any atom is -0.375 e. The molecule has 0 heterocycles. The van der Waals surface area contributed by atoms with E-state index in [1.54, 1.807) is 0 Å². The molecule has 0 spiro atoms. The van der Waals surface area contributed by atoms with Crippen molar-refractivity contribution in [3.05, 3.63) is 34.9 Å². The Hall–Kier alpha value is -1.35. The van der Waals surface area contributed by atoms with Crippen LogP contribution >= 0.6 is 0 Å². The molecule has 0 aliphatic carbocycles. The van der Waals surface area contributed by atoms with Crippen LogP contribution < -0.4 is 5.32 Å². The van der Waals surface area contributed by atoms with E-state index < -0.39 is 5.60 Å². The van der Waals surface area contributed by atoms with Gasteiger partial charge in [0.05, 0.1) is 0 Å². The maximum atomic E-state index is 12.8. The molecule has 1 aromatic carbocycles. The van der Waals surface area contributed by atoms with E-state index in [0.717, 1.165) is 29.5 Å². The Bertz CT molecular complexity index is 539. The molecule has 0 aliphatic rings. The second-order valence-corrected chi connectivity index (χ2v) is 7.80. The fourth-order valence-corrected chi connectivity index (χ4v) is 3.25. The molecule has 142 valence electrons. The fourth-order valence-electron chi connectivity index (χ4n) is 3.25. The molecular formula is C22H37NO2. The van der Waals surface area contributed by atoms with Crippen LogP contribution in [0.1, 0.15) is 82.4 Å². The van der Waals surface area contributed by atoms with Crippen molar-refractivity contribution in [2.45, 2.75) is 85.2 Å². The molecule has 0 aliphatic heterocycles. The highest BCUT2D eigenvalue weighted by atomic mass is 16.3. The summed E-state index contributed by atoms with van der Waals surface area (Å²) in [7, 11) is 0. The first-order valence-corrected chi connectivity index (χ1v) is 9.89. The number of aryl methyl sites for hydroxylation is 2. The highest BCUT2D eigenvalue weighted by Gasteiger charge is 2.38. The molecule has 1 amide bonds. The van der Waals surface area contributed by atoms with Crippen LogP contribution in [0.4, 0.5) is 0 Å². The topological polar surface area (TPSA) is 49.3 Å². The highest BCUT2D eigenvalue weighted by Crippen LogP contribution is 2.31. The monoisotopic (exact) mass is 347 g/mol. The summed E-state index contributed by atoms with van der Waals surface area (Å²) in [6, 6.07) is 5.93. The number of amides is 1. The van der Waals surface area contributed by atoms with Crippen LogP contribution in [0.25, 0.3) is 0 Å². The van der Waals surface area contributed by atoms with E-state index in [0.29, 0.717) is 18.9 Å². The van der Waals surface area contributed by atoms with Gasteiger partial charge in [-0.05, 0) is 43.7 Å². The minimum absolute atomic E-state index is 0.262. The summed E-state index contributed by atoms with van der Waals surface area (Å²) in [5, 5.41) is 14.3. The average Bonchev–Trinajstić information content (AvgIpc) is 2.55. The third-order valence-electron chi connectivity index (χ3n) is 4.77. The fraction of sp³-hybridized carbons (Fsp3) is 0.682. The zero-order chi connectivity index (χ0) is 18.9. The molecule has 0 aromatic heterocycles. The zero-order valence-corrected chi connectivity index (χ0v) is 16.8. The van der Waals surface area contributed by atoms with Crippen molar-refractivity contribution in [1.29, 1.82) is 0 Å². The van der Waals surface area contributed by atoms with Crippen LogP contribution in [0.3, 0.4) is 0 Å². The lowest BCUT2D eigenvalue weighted by atomic mass is 9.84. The Labute approximate surface area is 154 Å². The quantitative estimate of drug-likeness (QED) is 0.553. The standard InChI is InChI=1S/C22H37NO2/c1-6-7-8-9-10-11-14-22(25,21(24)23-16-17(2)3)20-13-12-18(4)15-19(20)5/h12-13,15,17,25H,6-11,14,16H2,1-5H3,(H,23,24). The molecule has 1 rings (SSSR count). The van der Waals surface area contributed by atoms with Crippen LogP contribution in [-0.4, -0.2) is 17.6 Å². The number of nitrogens with one attached hydrogen (secondary N) is 1. The van der Waals surface area contributed by atoms with Crippen LogP contribution in [0.15, 0.2) is 18.2 Å². The van der Waals surface area contributed by atoms with Crippen LogP contribution in [-0.2, 0) is 10.4 Å². The van der Waals surface area contributed by atoms with Crippen molar-refractivity contribution in [2.24, 2.45) is 5.92 Å². The van der Waals surface area contributed by atoms with E-state index in [9.17, 15) is 9.90 Å². The molecule has 3 nitrogen and oxygen atoms in total. The van der Waals surface area contributed by atoms with E-state index in [1.807, 2.05) is 32.0 Å². The van der Waals surface area contributed by atoms with Gasteiger partial charge in [0.15, 0.2) is 5.60 Å². The van der Waals surface area contributed by atoms with Gasteiger partial charge >= 0.3 is 0 Å². The lowest BCUT2D eigenvalue weighted by molar-refractivity contribution is -0.142. The van der Waals surface area contributed by atoms with Crippen molar-refractivity contribution in [2.75, 3.05) is 6.54 Å². The van der Waals surface area contributed by atoms with Gasteiger partial charge in [0.1, 0.15) is 0 Å². The van der Waals surface area contributed by atoms with Crippen LogP contribution in [0, 0.1) is 19.8 Å². The minimum atomic E-state index is -1.43. The van der Waals surface area contributed by atoms with Gasteiger partial charge in [0.2, 0.25) is 0 Å². The first-order chi connectivity index (χ1) is 11.8. The second kappa shape index (κ2) is 10.6. The molecule has 0 saturated heterocycles. The summed E-state index contributed by atoms with van der Waals surface area (Å²) in [6.45, 7) is 10.9. The van der Waals surface area contributed by atoms with Crippen molar-refractivity contribution in [3.8, 4) is 0 Å². The number of carbonyl (C=O) groups is 1. The maximum absolute atomic E-state index is 12.8. The third-order valence-corrected chi connectivity index (χ3v) is 4.77. The van der Waals surface area contributed by atoms with Gasteiger partial charge in [0, 0.05) is 6.54 Å². The maximum Gasteiger partial charge on any atom is 0.256 e. The first-order valence-electron chi connectivity index (χ1n) is 9.89. The molecule has 3 heteroatoms. The molecule has 1 atom stereocenters. The molecule has 25 heavy (non-hydrogen) atoms. The Morgan fingerprint density at radius 2 is 1.76 bits per heavy atom. The largest absolute Gasteiger partial charge is 0.375 e. The molecule has 2 N–H and O–H groups in total. The second-order valence-electron chi connectivity index (χ2n) is 7.80. The number of unbranched alkanes of at least 4 members (excludes halogenated alkanes) is 5. The van der Waals surface area contributed by atoms with E-state index in [4.69, 9.17) is 0 Å². The molecular weight excluding hydrogens is 310 g/mol. The first kappa shape index (κ1) is 21.7. The van der Waals surface area contributed by atoms with Crippen molar-refractivity contribution in [1.82, 2.24) is 5.32 Å². The Morgan fingerprint density at radius 1 is 1.12 bits per heavy atom. The van der Waals surface area contributed by atoms with E-state index >= 15 is 0 Å². The number of carbonyl (C=O) groups excluding carboxylic acids is 1.